The average molecular weight is 375 g/mol. The summed E-state index contributed by atoms with van der Waals surface area (Å²) in [6.45, 7) is 2.60. The lowest BCUT2D eigenvalue weighted by Crippen LogP contribution is -2.25. The molecule has 2 heterocycles. The van der Waals surface area contributed by atoms with Crippen molar-refractivity contribution in [2.45, 2.75) is 24.8 Å². The van der Waals surface area contributed by atoms with Crippen LogP contribution in [-0.4, -0.2) is 28.2 Å². The summed E-state index contributed by atoms with van der Waals surface area (Å²) in [6.07, 6.45) is 2.70. The number of nitrogens with zero attached hydrogens (tertiary/aromatic N) is 2. The highest BCUT2D eigenvalue weighted by Crippen LogP contribution is 2.30. The number of aryl methyl sites for hydroxylation is 1. The number of rotatable bonds is 7. The molecule has 0 radical (unpaired) electrons. The molecule has 3 aromatic rings. The van der Waals surface area contributed by atoms with Crippen molar-refractivity contribution in [1.29, 1.82) is 0 Å². The molecular weight excluding hydrogens is 357 g/mol. The summed E-state index contributed by atoms with van der Waals surface area (Å²) in [5.74, 6) is 0.439. The number of halogens is 1. The predicted octanol–water partition coefficient (Wildman–Crippen LogP) is 3.98. The van der Waals surface area contributed by atoms with Crippen molar-refractivity contribution >= 4 is 39.2 Å². The predicted molar refractivity (Wildman–Crippen MR) is 101 cm³/mol. The van der Waals surface area contributed by atoms with E-state index in [2.05, 4.69) is 28.3 Å². The van der Waals surface area contributed by atoms with Crippen molar-refractivity contribution < 1.29 is 9.18 Å². The zero-order valence-electron chi connectivity index (χ0n) is 13.8. The van der Waals surface area contributed by atoms with Crippen molar-refractivity contribution in [1.82, 2.24) is 15.3 Å². The van der Waals surface area contributed by atoms with Crippen LogP contribution < -0.4 is 5.32 Å². The fourth-order valence-corrected chi connectivity index (χ4v) is 4.22. The Bertz CT molecular complexity index is 864. The normalized spacial score (nSPS) is 11.0. The standard InChI is InChI=1S/C18H18FN3OS2/c1-12-10-15-17(21-11-22-18(15)25-12)24-9-7-16(23)20-8-6-13-2-4-14(19)5-3-13/h2-5,10-11H,6-9H2,1H3,(H,20,23). The zero-order valence-corrected chi connectivity index (χ0v) is 15.4. The van der Waals surface area contributed by atoms with Gasteiger partial charge in [0.05, 0.1) is 0 Å². The summed E-state index contributed by atoms with van der Waals surface area (Å²) in [6, 6.07) is 8.43. The molecule has 0 aliphatic heterocycles. The van der Waals surface area contributed by atoms with Gasteiger partial charge in [-0.3, -0.25) is 4.79 Å². The highest BCUT2D eigenvalue weighted by Gasteiger charge is 2.08. The van der Waals surface area contributed by atoms with Crippen LogP contribution >= 0.6 is 23.1 Å². The topological polar surface area (TPSA) is 54.9 Å². The van der Waals surface area contributed by atoms with Crippen LogP contribution in [0.4, 0.5) is 4.39 Å². The zero-order chi connectivity index (χ0) is 17.6. The van der Waals surface area contributed by atoms with Gasteiger partial charge in [0.15, 0.2) is 0 Å². The van der Waals surface area contributed by atoms with Gasteiger partial charge in [-0.2, -0.15) is 0 Å². The summed E-state index contributed by atoms with van der Waals surface area (Å²) in [4.78, 5) is 22.7. The van der Waals surface area contributed by atoms with E-state index in [1.807, 2.05) is 0 Å². The number of fused-ring (bicyclic) bond motifs is 1. The number of benzene rings is 1. The highest BCUT2D eigenvalue weighted by atomic mass is 32.2. The third kappa shape index (κ3) is 4.99. The quantitative estimate of drug-likeness (QED) is 0.501. The second-order valence-corrected chi connectivity index (χ2v) is 7.90. The van der Waals surface area contributed by atoms with E-state index in [-0.39, 0.29) is 11.7 Å². The van der Waals surface area contributed by atoms with Gasteiger partial charge >= 0.3 is 0 Å². The maximum atomic E-state index is 12.8. The number of nitrogens with one attached hydrogen (secondary N) is 1. The number of thioether (sulfide) groups is 1. The van der Waals surface area contributed by atoms with Gasteiger partial charge < -0.3 is 5.32 Å². The van der Waals surface area contributed by atoms with E-state index in [0.29, 0.717) is 25.1 Å². The van der Waals surface area contributed by atoms with Gasteiger partial charge in [-0.15, -0.1) is 23.1 Å². The molecule has 7 heteroatoms. The molecule has 0 fully saturated rings. The van der Waals surface area contributed by atoms with Crippen LogP contribution in [0, 0.1) is 12.7 Å². The first-order valence-corrected chi connectivity index (χ1v) is 9.77. The molecule has 3 rings (SSSR count). The van der Waals surface area contributed by atoms with Crippen molar-refractivity contribution in [3.8, 4) is 0 Å². The van der Waals surface area contributed by atoms with E-state index in [1.165, 1.54) is 17.0 Å². The summed E-state index contributed by atoms with van der Waals surface area (Å²) < 4.78 is 12.8. The second-order valence-electron chi connectivity index (χ2n) is 5.58. The van der Waals surface area contributed by atoms with Gasteiger partial charge in [-0.05, 0) is 37.1 Å². The fraction of sp³-hybridized carbons (Fsp3) is 0.278. The smallest absolute Gasteiger partial charge is 0.220 e. The number of thiophene rings is 1. The molecule has 0 bridgehead atoms. The Labute approximate surface area is 153 Å². The molecule has 0 unspecified atom stereocenters. The Kier molecular flexibility index (Phi) is 5.99. The third-order valence-corrected chi connectivity index (χ3v) is 5.60. The van der Waals surface area contributed by atoms with E-state index in [1.54, 1.807) is 41.6 Å². The summed E-state index contributed by atoms with van der Waals surface area (Å²) in [5, 5.41) is 4.88. The van der Waals surface area contributed by atoms with E-state index >= 15 is 0 Å². The summed E-state index contributed by atoms with van der Waals surface area (Å²) in [5.41, 5.74) is 1.01. The number of amides is 1. The first-order chi connectivity index (χ1) is 12.1. The van der Waals surface area contributed by atoms with Gasteiger partial charge in [0.2, 0.25) is 5.91 Å². The molecule has 25 heavy (non-hydrogen) atoms. The lowest BCUT2D eigenvalue weighted by Gasteiger charge is -2.06. The van der Waals surface area contributed by atoms with Crippen LogP contribution in [-0.2, 0) is 11.2 Å². The number of carbonyl (C=O) groups excluding carboxylic acids is 1. The molecule has 0 saturated carbocycles. The molecule has 1 N–H and O–H groups in total. The van der Waals surface area contributed by atoms with Crippen molar-refractivity contribution in [3.05, 3.63) is 52.9 Å². The third-order valence-electron chi connectivity index (χ3n) is 3.63. The first kappa shape index (κ1) is 17.8. The van der Waals surface area contributed by atoms with Crippen molar-refractivity contribution in [3.63, 3.8) is 0 Å². The number of aromatic nitrogens is 2. The van der Waals surface area contributed by atoms with Crippen LogP contribution in [0.2, 0.25) is 0 Å². The monoisotopic (exact) mass is 375 g/mol. The minimum atomic E-state index is -0.246. The van der Waals surface area contributed by atoms with Crippen LogP contribution in [0.15, 0.2) is 41.7 Å². The molecule has 0 saturated heterocycles. The maximum absolute atomic E-state index is 12.8. The molecule has 0 aliphatic carbocycles. The molecule has 2 aromatic heterocycles. The highest BCUT2D eigenvalue weighted by molar-refractivity contribution is 7.99. The minimum absolute atomic E-state index is 0.0152. The summed E-state index contributed by atoms with van der Waals surface area (Å²) in [7, 11) is 0. The fourth-order valence-electron chi connectivity index (χ4n) is 2.40. The Morgan fingerprint density at radius 1 is 1.28 bits per heavy atom. The minimum Gasteiger partial charge on any atom is -0.356 e. The molecule has 0 spiro atoms. The molecular formula is C18H18FN3OS2. The lowest BCUT2D eigenvalue weighted by atomic mass is 10.1. The van der Waals surface area contributed by atoms with Gasteiger partial charge in [0.1, 0.15) is 22.0 Å². The molecule has 4 nitrogen and oxygen atoms in total. The van der Waals surface area contributed by atoms with Gasteiger partial charge in [0, 0.05) is 29.0 Å². The van der Waals surface area contributed by atoms with E-state index in [0.717, 1.165) is 20.8 Å². The number of hydrogen-bond acceptors (Lipinski definition) is 5. The lowest BCUT2D eigenvalue weighted by molar-refractivity contribution is -0.120. The average Bonchev–Trinajstić information content (AvgIpc) is 2.98. The number of hydrogen-bond donors (Lipinski definition) is 1. The molecule has 0 aliphatic rings. The molecule has 0 atom stereocenters. The molecule has 1 amide bonds. The molecule has 130 valence electrons. The van der Waals surface area contributed by atoms with Crippen LogP contribution in [0.3, 0.4) is 0 Å². The van der Waals surface area contributed by atoms with E-state index in [4.69, 9.17) is 0 Å². The largest absolute Gasteiger partial charge is 0.356 e. The van der Waals surface area contributed by atoms with Crippen LogP contribution in [0.1, 0.15) is 16.9 Å². The Morgan fingerprint density at radius 3 is 2.88 bits per heavy atom. The Hall–Kier alpha value is -1.99. The summed E-state index contributed by atoms with van der Waals surface area (Å²) >= 11 is 3.22. The Morgan fingerprint density at radius 2 is 2.08 bits per heavy atom. The Balaban J connectivity index is 1.42. The SMILES string of the molecule is Cc1cc2c(SCCC(=O)NCCc3ccc(F)cc3)ncnc2s1. The van der Waals surface area contributed by atoms with E-state index in [9.17, 15) is 9.18 Å². The van der Waals surface area contributed by atoms with E-state index < -0.39 is 0 Å². The van der Waals surface area contributed by atoms with Gasteiger partial charge in [0.25, 0.3) is 0 Å². The first-order valence-electron chi connectivity index (χ1n) is 7.97. The van der Waals surface area contributed by atoms with Gasteiger partial charge in [-0.1, -0.05) is 12.1 Å². The van der Waals surface area contributed by atoms with Crippen molar-refractivity contribution in [2.24, 2.45) is 0 Å². The number of carbonyl (C=O) groups is 1. The van der Waals surface area contributed by atoms with Crippen LogP contribution in [0.5, 0.6) is 0 Å². The van der Waals surface area contributed by atoms with Gasteiger partial charge in [-0.25, -0.2) is 14.4 Å². The molecule has 1 aromatic carbocycles. The maximum Gasteiger partial charge on any atom is 0.220 e. The second kappa shape index (κ2) is 8.40. The van der Waals surface area contributed by atoms with Crippen LogP contribution in [0.25, 0.3) is 10.2 Å². The van der Waals surface area contributed by atoms with Crippen molar-refractivity contribution in [2.75, 3.05) is 12.3 Å².